The van der Waals surface area contributed by atoms with Crippen molar-refractivity contribution in [1.29, 1.82) is 0 Å². The summed E-state index contributed by atoms with van der Waals surface area (Å²) < 4.78 is 0. The number of hydrogen-bond donors (Lipinski definition) is 1. The summed E-state index contributed by atoms with van der Waals surface area (Å²) in [6, 6.07) is 7.56. The maximum Gasteiger partial charge on any atom is 0.243 e. The Morgan fingerprint density at radius 3 is 2.73 bits per heavy atom. The summed E-state index contributed by atoms with van der Waals surface area (Å²) in [4.78, 5) is 11.2. The lowest BCUT2D eigenvalue weighted by Gasteiger charge is -2.11. The maximum atomic E-state index is 11.2. The zero-order valence-electron chi connectivity index (χ0n) is 7.90. The molecule has 3 nitrogen and oxygen atoms in total. The third kappa shape index (κ3) is 1.43. The molecule has 1 saturated carbocycles. The van der Waals surface area contributed by atoms with Gasteiger partial charge in [-0.1, -0.05) is 23.7 Å². The molecule has 1 aromatic rings. The number of nitrogens with zero attached hydrogens (tertiary/aromatic N) is 1. The van der Waals surface area contributed by atoms with Crippen LogP contribution in [0.3, 0.4) is 0 Å². The van der Waals surface area contributed by atoms with E-state index in [1.54, 1.807) is 0 Å². The van der Waals surface area contributed by atoms with E-state index in [0.717, 1.165) is 17.7 Å². The van der Waals surface area contributed by atoms with Gasteiger partial charge >= 0.3 is 0 Å². The van der Waals surface area contributed by atoms with Crippen LogP contribution in [0.5, 0.6) is 0 Å². The number of carbonyl (C=O) groups excluding carboxylic acids is 1. The Morgan fingerprint density at radius 1 is 1.27 bits per heavy atom. The molecule has 15 heavy (non-hydrogen) atoms. The molecule has 76 valence electrons. The van der Waals surface area contributed by atoms with E-state index in [4.69, 9.17) is 11.6 Å². The summed E-state index contributed by atoms with van der Waals surface area (Å²) >= 11 is 5.81. The fraction of sp³-hybridized carbons (Fsp3) is 0.273. The minimum Gasteiger partial charge on any atom is -0.273 e. The molecule has 0 saturated heterocycles. The van der Waals surface area contributed by atoms with E-state index >= 15 is 0 Å². The first-order chi connectivity index (χ1) is 7.25. The molecule has 4 heteroatoms. The Kier molecular flexibility index (Phi) is 1.83. The van der Waals surface area contributed by atoms with E-state index in [9.17, 15) is 4.79 Å². The SMILES string of the molecule is O=C1NN=C(c2ccc(Cl)cc2)[C@H]2C[C@H]12. The first-order valence-electron chi connectivity index (χ1n) is 4.89. The van der Waals surface area contributed by atoms with Crippen molar-refractivity contribution < 1.29 is 4.79 Å². The molecule has 2 aliphatic rings. The summed E-state index contributed by atoms with van der Waals surface area (Å²) in [7, 11) is 0. The van der Waals surface area contributed by atoms with Crippen LogP contribution in [0, 0.1) is 11.8 Å². The second-order valence-corrected chi connectivity index (χ2v) is 4.37. The van der Waals surface area contributed by atoms with Gasteiger partial charge in [0.05, 0.1) is 5.71 Å². The minimum atomic E-state index is 0.0534. The molecular formula is C11H9ClN2O. The van der Waals surface area contributed by atoms with Crippen LogP contribution in [-0.2, 0) is 4.79 Å². The highest BCUT2D eigenvalue weighted by Crippen LogP contribution is 2.43. The summed E-state index contributed by atoms with van der Waals surface area (Å²) in [5.41, 5.74) is 4.58. The van der Waals surface area contributed by atoms with E-state index in [-0.39, 0.29) is 11.8 Å². The molecule has 1 heterocycles. The number of amides is 1. The van der Waals surface area contributed by atoms with Crippen LogP contribution < -0.4 is 5.43 Å². The second kappa shape index (κ2) is 3.07. The van der Waals surface area contributed by atoms with Crippen molar-refractivity contribution in [1.82, 2.24) is 5.43 Å². The largest absolute Gasteiger partial charge is 0.273 e. The van der Waals surface area contributed by atoms with E-state index in [0.29, 0.717) is 10.9 Å². The number of nitrogens with one attached hydrogen (secondary N) is 1. The smallest absolute Gasteiger partial charge is 0.243 e. The van der Waals surface area contributed by atoms with Gasteiger partial charge in [0.2, 0.25) is 5.91 Å². The number of carbonyl (C=O) groups is 1. The molecule has 1 fully saturated rings. The van der Waals surface area contributed by atoms with Gasteiger partial charge < -0.3 is 0 Å². The molecule has 0 bridgehead atoms. The molecule has 0 unspecified atom stereocenters. The average molecular weight is 221 g/mol. The van der Waals surface area contributed by atoms with Crippen LogP contribution in [0.15, 0.2) is 29.4 Å². The van der Waals surface area contributed by atoms with Crippen molar-refractivity contribution in [2.24, 2.45) is 16.9 Å². The van der Waals surface area contributed by atoms with Gasteiger partial charge in [-0.3, -0.25) is 4.79 Å². The van der Waals surface area contributed by atoms with Crippen LogP contribution in [-0.4, -0.2) is 11.6 Å². The van der Waals surface area contributed by atoms with E-state index in [1.165, 1.54) is 0 Å². The topological polar surface area (TPSA) is 41.5 Å². The molecule has 2 atom stereocenters. The second-order valence-electron chi connectivity index (χ2n) is 3.93. The summed E-state index contributed by atoms with van der Waals surface area (Å²) in [5.74, 6) is 0.519. The van der Waals surface area contributed by atoms with Gasteiger partial charge in [-0.25, -0.2) is 5.43 Å². The molecule has 1 aliphatic carbocycles. The number of hydrogen-bond acceptors (Lipinski definition) is 2. The lowest BCUT2D eigenvalue weighted by molar-refractivity contribution is -0.122. The van der Waals surface area contributed by atoms with Gasteiger partial charge in [0.1, 0.15) is 0 Å². The van der Waals surface area contributed by atoms with Crippen molar-refractivity contribution in [3.63, 3.8) is 0 Å². The Bertz CT molecular complexity index is 452. The monoisotopic (exact) mass is 220 g/mol. The van der Waals surface area contributed by atoms with Gasteiger partial charge in [-0.2, -0.15) is 5.10 Å². The quantitative estimate of drug-likeness (QED) is 0.771. The predicted molar refractivity (Wildman–Crippen MR) is 57.7 cm³/mol. The van der Waals surface area contributed by atoms with Crippen LogP contribution in [0.4, 0.5) is 0 Å². The van der Waals surface area contributed by atoms with Crippen molar-refractivity contribution in [2.45, 2.75) is 6.42 Å². The van der Waals surface area contributed by atoms with Crippen LogP contribution >= 0.6 is 11.6 Å². The van der Waals surface area contributed by atoms with Crippen LogP contribution in [0.2, 0.25) is 5.02 Å². The van der Waals surface area contributed by atoms with Gasteiger partial charge in [0.25, 0.3) is 0 Å². The summed E-state index contributed by atoms with van der Waals surface area (Å²) in [6.45, 7) is 0. The zero-order chi connectivity index (χ0) is 10.4. The van der Waals surface area contributed by atoms with Gasteiger partial charge in [-0.05, 0) is 24.1 Å². The Balaban J connectivity index is 1.95. The number of benzene rings is 1. The zero-order valence-corrected chi connectivity index (χ0v) is 8.66. The lowest BCUT2D eigenvalue weighted by atomic mass is 10.0. The van der Waals surface area contributed by atoms with Gasteiger partial charge in [0, 0.05) is 16.9 Å². The molecule has 0 aromatic heterocycles. The van der Waals surface area contributed by atoms with Crippen molar-refractivity contribution >= 4 is 23.2 Å². The molecule has 0 spiro atoms. The first kappa shape index (κ1) is 8.92. The summed E-state index contributed by atoms with van der Waals surface area (Å²) in [6.07, 6.45) is 0.924. The molecule has 1 N–H and O–H groups in total. The van der Waals surface area contributed by atoms with Crippen molar-refractivity contribution in [2.75, 3.05) is 0 Å². The van der Waals surface area contributed by atoms with E-state index in [2.05, 4.69) is 10.5 Å². The lowest BCUT2D eigenvalue weighted by Crippen LogP contribution is -2.28. The predicted octanol–water partition coefficient (Wildman–Crippen LogP) is 1.81. The highest BCUT2D eigenvalue weighted by atomic mass is 35.5. The molecule has 0 radical (unpaired) electrons. The molecule has 1 amide bonds. The Morgan fingerprint density at radius 2 is 2.00 bits per heavy atom. The maximum absolute atomic E-state index is 11.2. The molecule has 1 aromatic carbocycles. The summed E-state index contributed by atoms with van der Waals surface area (Å²) in [5, 5.41) is 4.82. The number of halogens is 1. The van der Waals surface area contributed by atoms with Gasteiger partial charge in [0.15, 0.2) is 0 Å². The number of rotatable bonds is 1. The third-order valence-electron chi connectivity index (χ3n) is 2.90. The van der Waals surface area contributed by atoms with Crippen LogP contribution in [0.1, 0.15) is 12.0 Å². The average Bonchev–Trinajstić information content (AvgIpc) is 3.01. The number of hydrazone groups is 1. The molecular weight excluding hydrogens is 212 g/mol. The fourth-order valence-corrected chi connectivity index (χ4v) is 2.09. The third-order valence-corrected chi connectivity index (χ3v) is 3.16. The van der Waals surface area contributed by atoms with Crippen LogP contribution in [0.25, 0.3) is 0 Å². The fourth-order valence-electron chi connectivity index (χ4n) is 1.97. The first-order valence-corrected chi connectivity index (χ1v) is 5.27. The minimum absolute atomic E-state index is 0.0534. The highest BCUT2D eigenvalue weighted by molar-refractivity contribution is 6.30. The van der Waals surface area contributed by atoms with E-state index in [1.807, 2.05) is 24.3 Å². The molecule has 3 rings (SSSR count). The standard InChI is InChI=1S/C11H9ClN2O/c12-7-3-1-6(2-4-7)10-8-5-9(8)11(15)14-13-10/h1-4,8-9H,5H2,(H,14,15)/t8-,9-/m0/s1. The molecule has 1 aliphatic heterocycles. The Labute approximate surface area is 92.1 Å². The highest BCUT2D eigenvalue weighted by Gasteiger charge is 2.49. The Hall–Kier alpha value is -1.35. The normalized spacial score (nSPS) is 27.8. The van der Waals surface area contributed by atoms with Crippen molar-refractivity contribution in [3.05, 3.63) is 34.9 Å². The number of fused-ring (bicyclic) bond motifs is 1. The van der Waals surface area contributed by atoms with Crippen molar-refractivity contribution in [3.8, 4) is 0 Å². The van der Waals surface area contributed by atoms with Gasteiger partial charge in [-0.15, -0.1) is 0 Å². The van der Waals surface area contributed by atoms with E-state index < -0.39 is 0 Å².